The molecule has 7 nitrogen and oxygen atoms in total. The van der Waals surface area contributed by atoms with E-state index in [1.807, 2.05) is 6.07 Å². The number of hydrogen-bond acceptors (Lipinski definition) is 6. The van der Waals surface area contributed by atoms with E-state index in [-0.39, 0.29) is 30.3 Å². The lowest BCUT2D eigenvalue weighted by Gasteiger charge is -2.15. The van der Waals surface area contributed by atoms with Crippen molar-refractivity contribution in [3.8, 4) is 6.07 Å². The fourth-order valence-electron chi connectivity index (χ4n) is 2.00. The fourth-order valence-corrected chi connectivity index (χ4v) is 2.78. The quantitative estimate of drug-likeness (QED) is 0.724. The highest BCUT2D eigenvalue weighted by Gasteiger charge is 2.35. The Morgan fingerprint density at radius 1 is 1.58 bits per heavy atom. The van der Waals surface area contributed by atoms with Crippen molar-refractivity contribution in [3.05, 3.63) is 18.1 Å². The van der Waals surface area contributed by atoms with Crippen LogP contribution in [0.2, 0.25) is 0 Å². The standard InChI is InChI=1S/C10H9FN4O3S/c11-19(17,18)5-7-1-9(16)15(4-7)10-8(2-12)3-13-6-14-10/h3,6-7H,1,4-5H2. The second-order valence-electron chi connectivity index (χ2n) is 4.15. The smallest absolute Gasteiger partial charge is 0.295 e. The number of rotatable bonds is 3. The molecule has 0 radical (unpaired) electrons. The maximum Gasteiger partial charge on any atom is 0.302 e. The van der Waals surface area contributed by atoms with Crippen molar-refractivity contribution in [1.82, 2.24) is 9.97 Å². The van der Waals surface area contributed by atoms with E-state index in [0.717, 1.165) is 0 Å². The SMILES string of the molecule is N#Cc1cncnc1N1CC(CS(=O)(=O)F)CC1=O. The molecule has 9 heteroatoms. The topological polar surface area (TPSA) is 104 Å². The van der Waals surface area contributed by atoms with E-state index < -0.39 is 21.9 Å². The summed E-state index contributed by atoms with van der Waals surface area (Å²) in [7, 11) is -4.63. The minimum absolute atomic E-state index is 0.0215. The lowest BCUT2D eigenvalue weighted by molar-refractivity contribution is -0.117. The van der Waals surface area contributed by atoms with Crippen molar-refractivity contribution >= 4 is 21.9 Å². The molecule has 1 fully saturated rings. The van der Waals surface area contributed by atoms with Crippen LogP contribution in [0, 0.1) is 17.2 Å². The number of halogens is 1. The highest BCUT2D eigenvalue weighted by Crippen LogP contribution is 2.26. The number of aromatic nitrogens is 2. The van der Waals surface area contributed by atoms with Gasteiger partial charge < -0.3 is 0 Å². The molecule has 1 amide bonds. The zero-order valence-electron chi connectivity index (χ0n) is 9.65. The molecule has 0 N–H and O–H groups in total. The van der Waals surface area contributed by atoms with E-state index >= 15 is 0 Å². The molecule has 1 aliphatic heterocycles. The largest absolute Gasteiger partial charge is 0.302 e. The highest BCUT2D eigenvalue weighted by molar-refractivity contribution is 7.86. The minimum Gasteiger partial charge on any atom is -0.295 e. The number of hydrogen-bond donors (Lipinski definition) is 0. The molecular formula is C10H9FN4O3S. The third kappa shape index (κ3) is 3.03. The molecule has 19 heavy (non-hydrogen) atoms. The van der Waals surface area contributed by atoms with Crippen molar-refractivity contribution in [2.24, 2.45) is 5.92 Å². The second-order valence-corrected chi connectivity index (χ2v) is 5.56. The Morgan fingerprint density at radius 2 is 2.32 bits per heavy atom. The molecular weight excluding hydrogens is 275 g/mol. The molecule has 100 valence electrons. The predicted octanol–water partition coefficient (Wildman–Crippen LogP) is 0.000480. The van der Waals surface area contributed by atoms with Gasteiger partial charge in [-0.25, -0.2) is 9.97 Å². The van der Waals surface area contributed by atoms with Crippen molar-refractivity contribution in [2.45, 2.75) is 6.42 Å². The summed E-state index contributed by atoms with van der Waals surface area (Å²) >= 11 is 0. The molecule has 1 aliphatic rings. The molecule has 0 bridgehead atoms. The van der Waals surface area contributed by atoms with Crippen LogP contribution in [0.1, 0.15) is 12.0 Å². The van der Waals surface area contributed by atoms with E-state index in [9.17, 15) is 17.1 Å². The molecule has 1 aromatic rings. The van der Waals surface area contributed by atoms with Crippen molar-refractivity contribution < 1.29 is 17.1 Å². The Labute approximate surface area is 108 Å². The van der Waals surface area contributed by atoms with Crippen molar-refractivity contribution in [1.29, 1.82) is 5.26 Å². The molecule has 1 atom stereocenters. The van der Waals surface area contributed by atoms with Gasteiger partial charge in [0.1, 0.15) is 18.0 Å². The maximum atomic E-state index is 12.6. The van der Waals surface area contributed by atoms with Crippen LogP contribution in [0.5, 0.6) is 0 Å². The summed E-state index contributed by atoms with van der Waals surface area (Å²) in [4.78, 5) is 20.5. The van der Waals surface area contributed by atoms with Gasteiger partial charge in [-0.3, -0.25) is 9.69 Å². The molecule has 0 saturated carbocycles. The van der Waals surface area contributed by atoms with Gasteiger partial charge in [0.05, 0.1) is 11.9 Å². The number of carbonyl (C=O) groups is 1. The van der Waals surface area contributed by atoms with Crippen LogP contribution in [0.15, 0.2) is 12.5 Å². The normalized spacial score (nSPS) is 19.5. The van der Waals surface area contributed by atoms with Crippen LogP contribution in [-0.4, -0.2) is 36.6 Å². The Bertz CT molecular complexity index is 655. The minimum atomic E-state index is -4.63. The Morgan fingerprint density at radius 3 is 2.95 bits per heavy atom. The Balaban J connectivity index is 2.24. The number of nitriles is 1. The van der Waals surface area contributed by atoms with Crippen LogP contribution in [0.3, 0.4) is 0 Å². The average molecular weight is 284 g/mol. The van der Waals surface area contributed by atoms with Crippen molar-refractivity contribution in [3.63, 3.8) is 0 Å². The summed E-state index contributed by atoms with van der Waals surface area (Å²) < 4.78 is 33.8. The first kappa shape index (κ1) is 13.4. The Hall–Kier alpha value is -2.08. The lowest BCUT2D eigenvalue weighted by atomic mass is 10.1. The van der Waals surface area contributed by atoms with Gasteiger partial charge in [0, 0.05) is 18.9 Å². The number of anilines is 1. The molecule has 2 rings (SSSR count). The van der Waals surface area contributed by atoms with E-state index in [2.05, 4.69) is 9.97 Å². The summed E-state index contributed by atoms with van der Waals surface area (Å²) in [5, 5.41) is 8.89. The van der Waals surface area contributed by atoms with Gasteiger partial charge in [-0.1, -0.05) is 0 Å². The van der Waals surface area contributed by atoms with Crippen molar-refractivity contribution in [2.75, 3.05) is 17.2 Å². The van der Waals surface area contributed by atoms with Crippen LogP contribution in [0.25, 0.3) is 0 Å². The first-order valence-electron chi connectivity index (χ1n) is 5.33. The molecule has 0 aromatic carbocycles. The van der Waals surface area contributed by atoms with E-state index in [1.54, 1.807) is 0 Å². The summed E-state index contributed by atoms with van der Waals surface area (Å²) in [6, 6.07) is 1.84. The highest BCUT2D eigenvalue weighted by atomic mass is 32.3. The summed E-state index contributed by atoms with van der Waals surface area (Å²) in [6.45, 7) is 0.0215. The summed E-state index contributed by atoms with van der Waals surface area (Å²) in [5.74, 6) is -1.60. The van der Waals surface area contributed by atoms with Gasteiger partial charge >= 0.3 is 10.2 Å². The van der Waals surface area contributed by atoms with Gasteiger partial charge in [-0.05, 0) is 0 Å². The number of amides is 1. The lowest BCUT2D eigenvalue weighted by Crippen LogP contribution is -2.27. The van der Waals surface area contributed by atoms with Gasteiger partial charge in [-0.15, -0.1) is 3.89 Å². The molecule has 1 aromatic heterocycles. The third-order valence-corrected chi connectivity index (χ3v) is 3.58. The number of carbonyl (C=O) groups excluding carboxylic acids is 1. The second kappa shape index (κ2) is 4.89. The molecule has 1 saturated heterocycles. The van der Waals surface area contributed by atoms with Crippen LogP contribution in [-0.2, 0) is 15.0 Å². The van der Waals surface area contributed by atoms with E-state index in [4.69, 9.17) is 5.26 Å². The van der Waals surface area contributed by atoms with Crippen LogP contribution >= 0.6 is 0 Å². The Kier molecular flexibility index (Phi) is 3.44. The van der Waals surface area contributed by atoms with Gasteiger partial charge in [-0.2, -0.15) is 13.7 Å². The third-order valence-electron chi connectivity index (χ3n) is 2.71. The summed E-state index contributed by atoms with van der Waals surface area (Å²) in [6.07, 6.45) is 2.36. The average Bonchev–Trinajstić information content (AvgIpc) is 2.67. The zero-order valence-corrected chi connectivity index (χ0v) is 10.5. The molecule has 0 aliphatic carbocycles. The zero-order chi connectivity index (χ0) is 14.0. The van der Waals surface area contributed by atoms with Gasteiger partial charge in [0.2, 0.25) is 5.91 Å². The molecule has 0 spiro atoms. The first-order chi connectivity index (χ1) is 8.90. The fraction of sp³-hybridized carbons (Fsp3) is 0.400. The maximum absolute atomic E-state index is 12.6. The first-order valence-corrected chi connectivity index (χ1v) is 6.89. The molecule has 2 heterocycles. The van der Waals surface area contributed by atoms with Gasteiger partial charge in [0.15, 0.2) is 5.82 Å². The number of nitrogens with zero attached hydrogens (tertiary/aromatic N) is 4. The van der Waals surface area contributed by atoms with Gasteiger partial charge in [0.25, 0.3) is 0 Å². The van der Waals surface area contributed by atoms with E-state index in [0.29, 0.717) is 0 Å². The molecule has 1 unspecified atom stereocenters. The summed E-state index contributed by atoms with van der Waals surface area (Å²) in [5.41, 5.74) is 0.111. The van der Waals surface area contributed by atoms with Crippen LogP contribution in [0.4, 0.5) is 9.70 Å². The predicted molar refractivity (Wildman–Crippen MR) is 62.1 cm³/mol. The monoisotopic (exact) mass is 284 g/mol. The van der Waals surface area contributed by atoms with Crippen LogP contribution < -0.4 is 4.90 Å². The van der Waals surface area contributed by atoms with E-state index in [1.165, 1.54) is 17.4 Å².